The van der Waals surface area contributed by atoms with E-state index in [-0.39, 0.29) is 17.7 Å². The smallest absolute Gasteiger partial charge is 0.290 e. The number of piperazine rings is 1. The third kappa shape index (κ3) is 3.07. The second-order valence-electron chi connectivity index (χ2n) is 6.47. The van der Waals surface area contributed by atoms with Crippen LogP contribution in [0.1, 0.15) is 30.0 Å². The van der Waals surface area contributed by atoms with Crippen LogP contribution in [-0.2, 0) is 4.79 Å². The average Bonchev–Trinajstić information content (AvgIpc) is 2.90. The second kappa shape index (κ2) is 6.59. The first-order chi connectivity index (χ1) is 11.4. The van der Waals surface area contributed by atoms with Crippen molar-refractivity contribution < 1.29 is 14.0 Å². The van der Waals surface area contributed by atoms with Crippen molar-refractivity contribution in [2.24, 2.45) is 5.92 Å². The maximum absolute atomic E-state index is 12.8. The number of hydrogen-bond acceptors (Lipinski definition) is 3. The highest BCUT2D eigenvalue weighted by molar-refractivity contribution is 9.10. The lowest BCUT2D eigenvalue weighted by Crippen LogP contribution is -2.51. The van der Waals surface area contributed by atoms with E-state index in [1.807, 2.05) is 43.9 Å². The Balaban J connectivity index is 1.76. The summed E-state index contributed by atoms with van der Waals surface area (Å²) in [6, 6.07) is 5.72. The normalized spacial score (nSPS) is 15.4. The number of furan rings is 1. The predicted octanol–water partition coefficient (Wildman–Crippen LogP) is 3.44. The Kier molecular flexibility index (Phi) is 4.67. The van der Waals surface area contributed by atoms with Crippen molar-refractivity contribution in [1.29, 1.82) is 0 Å². The minimum Gasteiger partial charge on any atom is -0.451 e. The summed E-state index contributed by atoms with van der Waals surface area (Å²) in [6.07, 6.45) is 0. The number of amides is 2. The van der Waals surface area contributed by atoms with Crippen molar-refractivity contribution in [3.8, 4) is 0 Å². The lowest BCUT2D eigenvalue weighted by Gasteiger charge is -2.35. The first-order valence-electron chi connectivity index (χ1n) is 8.15. The number of aryl methyl sites for hydroxylation is 1. The van der Waals surface area contributed by atoms with E-state index in [0.717, 1.165) is 15.4 Å². The van der Waals surface area contributed by atoms with E-state index >= 15 is 0 Å². The maximum atomic E-state index is 12.8. The molecular weight excluding hydrogens is 372 g/mol. The zero-order valence-electron chi connectivity index (χ0n) is 14.1. The lowest BCUT2D eigenvalue weighted by molar-refractivity contribution is -0.135. The Morgan fingerprint density at radius 2 is 1.75 bits per heavy atom. The van der Waals surface area contributed by atoms with Crippen LogP contribution < -0.4 is 0 Å². The molecule has 1 aliphatic rings. The van der Waals surface area contributed by atoms with Gasteiger partial charge in [-0.1, -0.05) is 29.8 Å². The summed E-state index contributed by atoms with van der Waals surface area (Å²) in [6.45, 7) is 7.94. The number of benzene rings is 1. The van der Waals surface area contributed by atoms with Crippen LogP contribution >= 0.6 is 15.9 Å². The van der Waals surface area contributed by atoms with Gasteiger partial charge in [0.1, 0.15) is 5.58 Å². The highest BCUT2D eigenvalue weighted by Crippen LogP contribution is 2.29. The first-order valence-corrected chi connectivity index (χ1v) is 8.94. The fourth-order valence-electron chi connectivity index (χ4n) is 3.04. The van der Waals surface area contributed by atoms with Gasteiger partial charge in [0.15, 0.2) is 5.76 Å². The van der Waals surface area contributed by atoms with Gasteiger partial charge in [-0.05, 0) is 25.1 Å². The molecule has 1 aliphatic heterocycles. The lowest BCUT2D eigenvalue weighted by atomic mass is 10.1. The van der Waals surface area contributed by atoms with Gasteiger partial charge in [-0.2, -0.15) is 0 Å². The summed E-state index contributed by atoms with van der Waals surface area (Å²) in [7, 11) is 0. The second-order valence-corrected chi connectivity index (χ2v) is 7.38. The minimum absolute atomic E-state index is 0.0108. The molecular formula is C18H21BrN2O3. The van der Waals surface area contributed by atoms with Gasteiger partial charge in [0.25, 0.3) is 5.91 Å². The zero-order valence-corrected chi connectivity index (χ0v) is 15.7. The molecule has 6 heteroatoms. The molecule has 2 heterocycles. The van der Waals surface area contributed by atoms with E-state index in [1.54, 1.807) is 4.90 Å². The molecule has 24 heavy (non-hydrogen) atoms. The van der Waals surface area contributed by atoms with Gasteiger partial charge in [-0.15, -0.1) is 0 Å². The van der Waals surface area contributed by atoms with E-state index in [0.29, 0.717) is 37.5 Å². The molecule has 2 amide bonds. The third-order valence-electron chi connectivity index (χ3n) is 4.46. The van der Waals surface area contributed by atoms with Gasteiger partial charge >= 0.3 is 0 Å². The molecule has 2 aromatic rings. The van der Waals surface area contributed by atoms with Crippen LogP contribution in [0.2, 0.25) is 0 Å². The number of carbonyl (C=O) groups is 2. The maximum Gasteiger partial charge on any atom is 0.290 e. The van der Waals surface area contributed by atoms with E-state index in [2.05, 4.69) is 15.9 Å². The van der Waals surface area contributed by atoms with E-state index < -0.39 is 0 Å². The Morgan fingerprint density at radius 1 is 1.12 bits per heavy atom. The van der Waals surface area contributed by atoms with Crippen LogP contribution in [0.3, 0.4) is 0 Å². The van der Waals surface area contributed by atoms with Crippen LogP contribution in [-0.4, -0.2) is 47.8 Å². The van der Waals surface area contributed by atoms with Crippen LogP contribution in [0, 0.1) is 12.8 Å². The molecule has 0 N–H and O–H groups in total. The summed E-state index contributed by atoms with van der Waals surface area (Å²) < 4.78 is 6.75. The SMILES string of the molecule is Cc1c(C(=O)N2CCN(C(=O)C(C)C)CC2)oc2ccc(Br)cc12. The van der Waals surface area contributed by atoms with Crippen molar-refractivity contribution >= 4 is 38.7 Å². The molecule has 1 aromatic heterocycles. The summed E-state index contributed by atoms with van der Waals surface area (Å²) in [5.41, 5.74) is 1.57. The predicted molar refractivity (Wildman–Crippen MR) is 96.0 cm³/mol. The topological polar surface area (TPSA) is 53.8 Å². The van der Waals surface area contributed by atoms with E-state index in [9.17, 15) is 9.59 Å². The fraction of sp³-hybridized carbons (Fsp3) is 0.444. The Hall–Kier alpha value is -1.82. The molecule has 0 spiro atoms. The van der Waals surface area contributed by atoms with Gasteiger partial charge < -0.3 is 14.2 Å². The fourth-order valence-corrected chi connectivity index (χ4v) is 3.40. The van der Waals surface area contributed by atoms with Crippen LogP contribution in [0.25, 0.3) is 11.0 Å². The number of rotatable bonds is 2. The summed E-state index contributed by atoms with van der Waals surface area (Å²) >= 11 is 3.45. The number of fused-ring (bicyclic) bond motifs is 1. The van der Waals surface area contributed by atoms with E-state index in [4.69, 9.17) is 4.42 Å². The number of hydrogen-bond donors (Lipinski definition) is 0. The Morgan fingerprint density at radius 3 is 2.38 bits per heavy atom. The number of carbonyl (C=O) groups excluding carboxylic acids is 2. The van der Waals surface area contributed by atoms with Gasteiger partial charge in [0, 0.05) is 47.5 Å². The molecule has 0 saturated carbocycles. The van der Waals surface area contributed by atoms with Crippen molar-refractivity contribution in [1.82, 2.24) is 9.80 Å². The van der Waals surface area contributed by atoms with Crippen molar-refractivity contribution in [3.63, 3.8) is 0 Å². The number of halogens is 1. The molecule has 0 atom stereocenters. The molecule has 3 rings (SSSR count). The van der Waals surface area contributed by atoms with Gasteiger partial charge in [0.05, 0.1) is 0 Å². The molecule has 0 unspecified atom stereocenters. The van der Waals surface area contributed by atoms with Gasteiger partial charge in [-0.25, -0.2) is 0 Å². The molecule has 1 saturated heterocycles. The van der Waals surface area contributed by atoms with Crippen molar-refractivity contribution in [2.75, 3.05) is 26.2 Å². The average molecular weight is 393 g/mol. The molecule has 128 valence electrons. The van der Waals surface area contributed by atoms with Gasteiger partial charge in [-0.3, -0.25) is 9.59 Å². The molecule has 0 bridgehead atoms. The van der Waals surface area contributed by atoms with Crippen molar-refractivity contribution in [3.05, 3.63) is 34.0 Å². The van der Waals surface area contributed by atoms with Crippen molar-refractivity contribution in [2.45, 2.75) is 20.8 Å². The third-order valence-corrected chi connectivity index (χ3v) is 4.96. The largest absolute Gasteiger partial charge is 0.451 e. The molecule has 1 fully saturated rings. The minimum atomic E-state index is -0.100. The van der Waals surface area contributed by atoms with Gasteiger partial charge in [0.2, 0.25) is 5.91 Å². The highest BCUT2D eigenvalue weighted by atomic mass is 79.9. The Labute approximate surface area is 149 Å². The molecule has 1 aromatic carbocycles. The summed E-state index contributed by atoms with van der Waals surface area (Å²) in [4.78, 5) is 28.4. The first kappa shape index (κ1) is 17.0. The highest BCUT2D eigenvalue weighted by Gasteiger charge is 2.28. The van der Waals surface area contributed by atoms with Crippen LogP contribution in [0.15, 0.2) is 27.1 Å². The summed E-state index contributed by atoms with van der Waals surface area (Å²) in [5.74, 6) is 0.429. The molecule has 0 aliphatic carbocycles. The van der Waals surface area contributed by atoms with Crippen LogP contribution in [0.4, 0.5) is 0 Å². The number of nitrogens with zero attached hydrogens (tertiary/aromatic N) is 2. The van der Waals surface area contributed by atoms with E-state index in [1.165, 1.54) is 0 Å². The van der Waals surface area contributed by atoms with Crippen LogP contribution in [0.5, 0.6) is 0 Å². The quantitative estimate of drug-likeness (QED) is 0.786. The molecule has 5 nitrogen and oxygen atoms in total. The summed E-state index contributed by atoms with van der Waals surface area (Å²) in [5, 5.41) is 0.946. The Bertz CT molecular complexity index is 789. The monoisotopic (exact) mass is 392 g/mol. The zero-order chi connectivity index (χ0) is 17.4. The standard InChI is InChI=1S/C18H21BrN2O3/c1-11(2)17(22)20-6-8-21(9-7-20)18(23)16-12(3)14-10-13(19)4-5-15(14)24-16/h4-5,10-11H,6-9H2,1-3H3. The molecule has 0 radical (unpaired) electrons.